The second kappa shape index (κ2) is 3.45. The number of halogens is 1. The molecule has 0 fully saturated rings. The van der Waals surface area contributed by atoms with Crippen LogP contribution in [-0.2, 0) is 11.2 Å². The molecule has 0 unspecified atom stereocenters. The normalized spacial score (nSPS) is 9.75. The molecule has 0 heterocycles. The first kappa shape index (κ1) is 8.87. The van der Waals surface area contributed by atoms with E-state index in [0.29, 0.717) is 10.6 Å². The van der Waals surface area contributed by atoms with Gasteiger partial charge in [0.1, 0.15) is 5.75 Å². The number of phenols is 1. The molecule has 0 bridgehead atoms. The van der Waals surface area contributed by atoms with E-state index in [1.807, 2.05) is 0 Å². The number of carbonyl (C=O) groups is 1. The third-order valence-corrected chi connectivity index (χ3v) is 1.65. The molecule has 1 aromatic carbocycles. The van der Waals surface area contributed by atoms with Gasteiger partial charge in [0.2, 0.25) is 5.91 Å². The van der Waals surface area contributed by atoms with Crippen LogP contribution in [0.4, 0.5) is 0 Å². The molecule has 0 radical (unpaired) electrons. The van der Waals surface area contributed by atoms with Crippen LogP contribution in [0.5, 0.6) is 5.75 Å². The molecule has 0 aromatic heterocycles. The lowest BCUT2D eigenvalue weighted by molar-refractivity contribution is -0.117. The molecule has 0 aliphatic rings. The minimum atomic E-state index is -0.479. The summed E-state index contributed by atoms with van der Waals surface area (Å²) in [5.74, 6) is -0.478. The number of rotatable bonds is 2. The summed E-state index contributed by atoms with van der Waals surface area (Å²) in [7, 11) is 0. The fraction of sp³-hybridized carbons (Fsp3) is 0.125. The van der Waals surface area contributed by atoms with Crippen LogP contribution in [0.3, 0.4) is 0 Å². The van der Waals surface area contributed by atoms with Gasteiger partial charge in [-0.2, -0.15) is 0 Å². The first-order valence-electron chi connectivity index (χ1n) is 3.35. The van der Waals surface area contributed by atoms with Gasteiger partial charge in [-0.1, -0.05) is 17.7 Å². The van der Waals surface area contributed by atoms with Crippen molar-refractivity contribution in [1.29, 1.82) is 0 Å². The molecule has 0 aliphatic carbocycles. The number of aromatic hydroxyl groups is 1. The summed E-state index contributed by atoms with van der Waals surface area (Å²) in [5.41, 5.74) is 5.44. The lowest BCUT2D eigenvalue weighted by Gasteiger charge is -2.01. The molecule has 64 valence electrons. The second-order valence-electron chi connectivity index (χ2n) is 2.42. The lowest BCUT2D eigenvalue weighted by Crippen LogP contribution is -2.13. The lowest BCUT2D eigenvalue weighted by atomic mass is 10.1. The predicted octanol–water partition coefficient (Wildman–Crippen LogP) is 1.07. The summed E-state index contributed by atoms with van der Waals surface area (Å²) in [6.45, 7) is 0. The SMILES string of the molecule is NC(=O)Cc1ccc(Cl)cc1O. The van der Waals surface area contributed by atoms with Crippen molar-refractivity contribution in [3.8, 4) is 5.75 Å². The average Bonchev–Trinajstić information content (AvgIpc) is 1.94. The fourth-order valence-electron chi connectivity index (χ4n) is 0.874. The molecule has 1 amide bonds. The summed E-state index contributed by atoms with van der Waals surface area (Å²) >= 11 is 5.58. The summed E-state index contributed by atoms with van der Waals surface area (Å²) < 4.78 is 0. The van der Waals surface area contributed by atoms with Crippen LogP contribution < -0.4 is 5.73 Å². The monoisotopic (exact) mass is 185 g/mol. The zero-order valence-electron chi connectivity index (χ0n) is 6.25. The summed E-state index contributed by atoms with van der Waals surface area (Å²) in [6, 6.07) is 4.54. The van der Waals surface area contributed by atoms with Crippen LogP contribution >= 0.6 is 11.6 Å². The molecule has 1 aromatic rings. The maximum Gasteiger partial charge on any atom is 0.221 e. The number of primary amides is 1. The van der Waals surface area contributed by atoms with Crippen molar-refractivity contribution >= 4 is 17.5 Å². The van der Waals surface area contributed by atoms with E-state index in [9.17, 15) is 9.90 Å². The van der Waals surface area contributed by atoms with Crippen molar-refractivity contribution in [2.24, 2.45) is 5.73 Å². The zero-order valence-corrected chi connectivity index (χ0v) is 7.01. The smallest absolute Gasteiger partial charge is 0.221 e. The standard InChI is InChI=1S/C8H8ClNO2/c9-6-2-1-5(3-8(10)12)7(11)4-6/h1-2,4,11H,3H2,(H2,10,12). The van der Waals surface area contributed by atoms with Gasteiger partial charge in [0.25, 0.3) is 0 Å². The molecule has 4 heteroatoms. The molecular weight excluding hydrogens is 178 g/mol. The van der Waals surface area contributed by atoms with Gasteiger partial charge in [-0.25, -0.2) is 0 Å². The minimum Gasteiger partial charge on any atom is -0.508 e. The molecule has 0 spiro atoms. The Morgan fingerprint density at radius 3 is 2.75 bits per heavy atom. The van der Waals surface area contributed by atoms with Crippen molar-refractivity contribution in [3.05, 3.63) is 28.8 Å². The van der Waals surface area contributed by atoms with Crippen LogP contribution in [0, 0.1) is 0 Å². The molecule has 3 N–H and O–H groups in total. The van der Waals surface area contributed by atoms with E-state index in [1.54, 1.807) is 12.1 Å². The van der Waals surface area contributed by atoms with E-state index in [2.05, 4.69) is 0 Å². The van der Waals surface area contributed by atoms with Crippen LogP contribution in [-0.4, -0.2) is 11.0 Å². The minimum absolute atomic E-state index is 0.00120. The van der Waals surface area contributed by atoms with Gasteiger partial charge in [0, 0.05) is 10.6 Å². The van der Waals surface area contributed by atoms with Crippen LogP contribution in [0.15, 0.2) is 18.2 Å². The Bertz CT molecular complexity index is 312. The van der Waals surface area contributed by atoms with Gasteiger partial charge in [-0.3, -0.25) is 4.79 Å². The summed E-state index contributed by atoms with van der Waals surface area (Å²) in [4.78, 5) is 10.5. The van der Waals surface area contributed by atoms with Crippen LogP contribution in [0.25, 0.3) is 0 Å². The average molecular weight is 186 g/mol. The maximum absolute atomic E-state index is 10.5. The van der Waals surface area contributed by atoms with Gasteiger partial charge < -0.3 is 10.8 Å². The molecule has 1 rings (SSSR count). The van der Waals surface area contributed by atoms with E-state index in [-0.39, 0.29) is 12.2 Å². The Hall–Kier alpha value is -1.22. The van der Waals surface area contributed by atoms with Crippen LogP contribution in [0.2, 0.25) is 5.02 Å². The number of phenolic OH excluding ortho intramolecular Hbond substituents is 1. The van der Waals surface area contributed by atoms with Crippen molar-refractivity contribution in [2.75, 3.05) is 0 Å². The number of hydrogen-bond acceptors (Lipinski definition) is 2. The first-order valence-corrected chi connectivity index (χ1v) is 3.73. The number of hydrogen-bond donors (Lipinski definition) is 2. The highest BCUT2D eigenvalue weighted by molar-refractivity contribution is 6.30. The summed E-state index contributed by atoms with van der Waals surface area (Å²) in [5, 5.41) is 9.68. The van der Waals surface area contributed by atoms with Gasteiger partial charge in [-0.05, 0) is 12.1 Å². The highest BCUT2D eigenvalue weighted by Gasteiger charge is 2.04. The topological polar surface area (TPSA) is 63.3 Å². The van der Waals surface area contributed by atoms with Gasteiger partial charge in [0.15, 0.2) is 0 Å². The van der Waals surface area contributed by atoms with Crippen molar-refractivity contribution < 1.29 is 9.90 Å². The quantitative estimate of drug-likeness (QED) is 0.724. The Kier molecular flexibility index (Phi) is 2.55. The molecule has 12 heavy (non-hydrogen) atoms. The summed E-state index contributed by atoms with van der Waals surface area (Å²) in [6.07, 6.45) is 0.0308. The highest BCUT2D eigenvalue weighted by atomic mass is 35.5. The van der Waals surface area contributed by atoms with E-state index < -0.39 is 5.91 Å². The molecule has 0 aliphatic heterocycles. The van der Waals surface area contributed by atoms with E-state index in [0.717, 1.165) is 0 Å². The van der Waals surface area contributed by atoms with E-state index >= 15 is 0 Å². The predicted molar refractivity (Wildman–Crippen MR) is 46.0 cm³/mol. The van der Waals surface area contributed by atoms with Crippen molar-refractivity contribution in [2.45, 2.75) is 6.42 Å². The zero-order chi connectivity index (χ0) is 9.14. The van der Waals surface area contributed by atoms with Crippen molar-refractivity contribution in [1.82, 2.24) is 0 Å². The Morgan fingerprint density at radius 1 is 1.58 bits per heavy atom. The number of carbonyl (C=O) groups excluding carboxylic acids is 1. The van der Waals surface area contributed by atoms with Crippen molar-refractivity contribution in [3.63, 3.8) is 0 Å². The molecule has 0 saturated carbocycles. The number of nitrogens with two attached hydrogens (primary N) is 1. The molecule has 0 saturated heterocycles. The van der Waals surface area contributed by atoms with Gasteiger partial charge in [0.05, 0.1) is 6.42 Å². The van der Waals surface area contributed by atoms with E-state index in [1.165, 1.54) is 6.07 Å². The third kappa shape index (κ3) is 2.13. The van der Waals surface area contributed by atoms with E-state index in [4.69, 9.17) is 17.3 Å². The first-order chi connectivity index (χ1) is 5.59. The maximum atomic E-state index is 10.5. The molecule has 3 nitrogen and oxygen atoms in total. The second-order valence-corrected chi connectivity index (χ2v) is 2.85. The third-order valence-electron chi connectivity index (χ3n) is 1.41. The van der Waals surface area contributed by atoms with Gasteiger partial charge in [-0.15, -0.1) is 0 Å². The number of benzene rings is 1. The Labute approximate surface area is 74.8 Å². The number of amides is 1. The highest BCUT2D eigenvalue weighted by Crippen LogP contribution is 2.21. The Morgan fingerprint density at radius 2 is 2.25 bits per heavy atom. The largest absolute Gasteiger partial charge is 0.508 e. The fourth-order valence-corrected chi connectivity index (χ4v) is 1.04. The molecule has 0 atom stereocenters. The van der Waals surface area contributed by atoms with Gasteiger partial charge >= 0.3 is 0 Å². The molecular formula is C8H8ClNO2. The van der Waals surface area contributed by atoms with Crippen LogP contribution in [0.1, 0.15) is 5.56 Å². The Balaban J connectivity index is 2.93.